The summed E-state index contributed by atoms with van der Waals surface area (Å²) in [5.41, 5.74) is 6.67. The molecule has 2 aromatic rings. The molecule has 0 radical (unpaired) electrons. The van der Waals surface area contributed by atoms with E-state index in [1.165, 1.54) is 0 Å². The second-order valence-electron chi connectivity index (χ2n) is 4.31. The average Bonchev–Trinajstić information content (AvgIpc) is 2.85. The van der Waals surface area contributed by atoms with Crippen molar-refractivity contribution in [3.8, 4) is 11.3 Å². The number of carbonyl (C=O) groups is 1. The third-order valence-corrected chi connectivity index (χ3v) is 2.89. The van der Waals surface area contributed by atoms with Crippen LogP contribution in [0.4, 0.5) is 0 Å². The largest absolute Gasteiger partial charge is 0.461 e. The summed E-state index contributed by atoms with van der Waals surface area (Å²) in [5, 5.41) is 0. The first-order valence-corrected chi connectivity index (χ1v) is 6.19. The normalized spacial score (nSPS) is 10.5. The molecule has 18 heavy (non-hydrogen) atoms. The molecule has 0 fully saturated rings. The second-order valence-corrected chi connectivity index (χ2v) is 4.31. The van der Waals surface area contributed by atoms with Gasteiger partial charge < -0.3 is 10.2 Å². The molecule has 3 nitrogen and oxygen atoms in total. The van der Waals surface area contributed by atoms with Crippen molar-refractivity contribution in [2.45, 2.75) is 26.2 Å². The summed E-state index contributed by atoms with van der Waals surface area (Å²) < 4.78 is 5.76. The molecule has 1 heterocycles. The minimum Gasteiger partial charge on any atom is -0.461 e. The fourth-order valence-electron chi connectivity index (χ4n) is 1.82. The van der Waals surface area contributed by atoms with Crippen LogP contribution in [-0.2, 0) is 6.42 Å². The monoisotopic (exact) mass is 243 g/mol. The molecular formula is C15H17NO2. The van der Waals surface area contributed by atoms with Gasteiger partial charge in [0.25, 0.3) is 0 Å². The van der Waals surface area contributed by atoms with E-state index in [1.807, 2.05) is 24.3 Å². The molecule has 0 atom stereocenters. The molecule has 0 saturated heterocycles. The number of primary amides is 1. The zero-order valence-electron chi connectivity index (χ0n) is 10.5. The maximum Gasteiger partial charge on any atom is 0.248 e. The Hall–Kier alpha value is -2.03. The van der Waals surface area contributed by atoms with Crippen LogP contribution in [0.3, 0.4) is 0 Å². The summed E-state index contributed by atoms with van der Waals surface area (Å²) in [6.45, 7) is 2.16. The molecule has 0 bridgehead atoms. The highest BCUT2D eigenvalue weighted by molar-refractivity contribution is 5.93. The van der Waals surface area contributed by atoms with E-state index in [4.69, 9.17) is 10.2 Å². The highest BCUT2D eigenvalue weighted by Gasteiger charge is 2.06. The summed E-state index contributed by atoms with van der Waals surface area (Å²) in [6, 6.07) is 11.1. The minimum absolute atomic E-state index is 0.412. The highest BCUT2D eigenvalue weighted by atomic mass is 16.3. The van der Waals surface area contributed by atoms with Crippen LogP contribution >= 0.6 is 0 Å². The minimum atomic E-state index is -0.412. The quantitative estimate of drug-likeness (QED) is 0.875. The maximum atomic E-state index is 11.0. The Morgan fingerprint density at radius 1 is 1.17 bits per heavy atom. The number of carbonyl (C=O) groups excluding carboxylic acids is 1. The number of hydrogen-bond acceptors (Lipinski definition) is 2. The van der Waals surface area contributed by atoms with Gasteiger partial charge in [-0.2, -0.15) is 0 Å². The van der Waals surface area contributed by atoms with Crippen molar-refractivity contribution in [3.63, 3.8) is 0 Å². The molecule has 94 valence electrons. The van der Waals surface area contributed by atoms with Crippen LogP contribution in [0.25, 0.3) is 11.3 Å². The molecular weight excluding hydrogens is 226 g/mol. The van der Waals surface area contributed by atoms with E-state index in [-0.39, 0.29) is 0 Å². The van der Waals surface area contributed by atoms with E-state index < -0.39 is 5.91 Å². The predicted octanol–water partition coefficient (Wildman–Crippen LogP) is 3.39. The van der Waals surface area contributed by atoms with Crippen molar-refractivity contribution in [3.05, 3.63) is 47.7 Å². The van der Waals surface area contributed by atoms with Gasteiger partial charge in [-0.05, 0) is 30.7 Å². The summed E-state index contributed by atoms with van der Waals surface area (Å²) in [5.74, 6) is 1.42. The number of rotatable bonds is 5. The zero-order chi connectivity index (χ0) is 13.0. The SMILES string of the molecule is CCCCc1ccc(-c2ccc(C(N)=O)cc2)o1. The van der Waals surface area contributed by atoms with Gasteiger partial charge in [-0.25, -0.2) is 0 Å². The van der Waals surface area contributed by atoms with E-state index in [9.17, 15) is 4.79 Å². The molecule has 3 heteroatoms. The number of hydrogen-bond donors (Lipinski definition) is 1. The lowest BCUT2D eigenvalue weighted by Gasteiger charge is -1.99. The van der Waals surface area contributed by atoms with E-state index in [2.05, 4.69) is 6.92 Å². The lowest BCUT2D eigenvalue weighted by Crippen LogP contribution is -2.10. The second kappa shape index (κ2) is 5.54. The van der Waals surface area contributed by atoms with Crippen molar-refractivity contribution < 1.29 is 9.21 Å². The van der Waals surface area contributed by atoms with E-state index in [0.29, 0.717) is 5.56 Å². The smallest absolute Gasteiger partial charge is 0.248 e. The van der Waals surface area contributed by atoms with E-state index in [0.717, 1.165) is 36.3 Å². The van der Waals surface area contributed by atoms with Crippen molar-refractivity contribution >= 4 is 5.91 Å². The fourth-order valence-corrected chi connectivity index (χ4v) is 1.82. The fraction of sp³-hybridized carbons (Fsp3) is 0.267. The molecule has 0 saturated carbocycles. The van der Waals surface area contributed by atoms with Crippen molar-refractivity contribution in [1.82, 2.24) is 0 Å². The molecule has 2 rings (SSSR count). The first-order chi connectivity index (χ1) is 8.70. The number of aryl methyl sites for hydroxylation is 1. The molecule has 1 aromatic carbocycles. The topological polar surface area (TPSA) is 56.2 Å². The molecule has 0 spiro atoms. The Morgan fingerprint density at radius 3 is 2.50 bits per heavy atom. The van der Waals surface area contributed by atoms with Crippen LogP contribution in [0.15, 0.2) is 40.8 Å². The van der Waals surface area contributed by atoms with Gasteiger partial charge >= 0.3 is 0 Å². The Labute approximate surface area is 107 Å². The number of amides is 1. The van der Waals surface area contributed by atoms with E-state index in [1.54, 1.807) is 12.1 Å². The van der Waals surface area contributed by atoms with Crippen LogP contribution in [0.1, 0.15) is 35.9 Å². The molecule has 0 aliphatic rings. The summed E-state index contributed by atoms with van der Waals surface area (Å²) in [4.78, 5) is 11.0. The Balaban J connectivity index is 2.15. The van der Waals surface area contributed by atoms with Gasteiger partial charge in [0.2, 0.25) is 5.91 Å². The van der Waals surface area contributed by atoms with Gasteiger partial charge in [-0.15, -0.1) is 0 Å². The van der Waals surface area contributed by atoms with Crippen LogP contribution in [0.5, 0.6) is 0 Å². The van der Waals surface area contributed by atoms with Gasteiger partial charge in [0.05, 0.1) is 0 Å². The number of furan rings is 1. The van der Waals surface area contributed by atoms with Crippen LogP contribution in [-0.4, -0.2) is 5.91 Å². The van der Waals surface area contributed by atoms with Gasteiger partial charge in [-0.3, -0.25) is 4.79 Å². The predicted molar refractivity (Wildman–Crippen MR) is 71.3 cm³/mol. The zero-order valence-corrected chi connectivity index (χ0v) is 10.5. The summed E-state index contributed by atoms with van der Waals surface area (Å²) in [7, 11) is 0. The van der Waals surface area contributed by atoms with Crippen LogP contribution in [0, 0.1) is 0 Å². The van der Waals surface area contributed by atoms with Gasteiger partial charge in [0, 0.05) is 17.5 Å². The maximum absolute atomic E-state index is 11.0. The molecule has 0 unspecified atom stereocenters. The summed E-state index contributed by atoms with van der Waals surface area (Å²) >= 11 is 0. The number of benzene rings is 1. The number of nitrogens with two attached hydrogens (primary N) is 1. The molecule has 1 aromatic heterocycles. The average molecular weight is 243 g/mol. The third-order valence-electron chi connectivity index (χ3n) is 2.89. The van der Waals surface area contributed by atoms with Crippen molar-refractivity contribution in [2.75, 3.05) is 0 Å². The van der Waals surface area contributed by atoms with Gasteiger partial charge in [0.15, 0.2) is 0 Å². The standard InChI is InChI=1S/C15H17NO2/c1-2-3-4-13-9-10-14(18-13)11-5-7-12(8-6-11)15(16)17/h5-10H,2-4H2,1H3,(H2,16,17). The first-order valence-electron chi connectivity index (χ1n) is 6.19. The lowest BCUT2D eigenvalue weighted by molar-refractivity contribution is 0.100. The first kappa shape index (κ1) is 12.4. The molecule has 0 aliphatic heterocycles. The van der Waals surface area contributed by atoms with Crippen molar-refractivity contribution in [2.24, 2.45) is 5.73 Å². The molecule has 2 N–H and O–H groups in total. The van der Waals surface area contributed by atoms with Crippen LogP contribution in [0.2, 0.25) is 0 Å². The molecule has 0 aliphatic carbocycles. The highest BCUT2D eigenvalue weighted by Crippen LogP contribution is 2.23. The summed E-state index contributed by atoms with van der Waals surface area (Å²) in [6.07, 6.45) is 3.26. The lowest BCUT2D eigenvalue weighted by atomic mass is 10.1. The van der Waals surface area contributed by atoms with Gasteiger partial charge in [-0.1, -0.05) is 25.5 Å². The van der Waals surface area contributed by atoms with Crippen LogP contribution < -0.4 is 5.73 Å². The van der Waals surface area contributed by atoms with Gasteiger partial charge in [0.1, 0.15) is 11.5 Å². The Kier molecular flexibility index (Phi) is 3.82. The van der Waals surface area contributed by atoms with E-state index >= 15 is 0 Å². The van der Waals surface area contributed by atoms with Crippen molar-refractivity contribution in [1.29, 1.82) is 0 Å². The Bertz CT molecular complexity index is 526. The Morgan fingerprint density at radius 2 is 1.89 bits per heavy atom. The molecule has 1 amide bonds. The third kappa shape index (κ3) is 2.80. The number of unbranched alkanes of at least 4 members (excludes halogenated alkanes) is 1.